The summed E-state index contributed by atoms with van der Waals surface area (Å²) in [7, 11) is 0. The zero-order chi connectivity index (χ0) is 19.9. The molecule has 4 aromatic rings. The lowest BCUT2D eigenvalue weighted by molar-refractivity contribution is 0.0952. The maximum absolute atomic E-state index is 12.7. The Kier molecular flexibility index (Phi) is 5.81. The quantitative estimate of drug-likeness (QED) is 0.452. The summed E-state index contributed by atoms with van der Waals surface area (Å²) < 4.78 is 5.89. The first kappa shape index (κ1) is 18.7. The maximum Gasteiger partial charge on any atom is 0.251 e. The highest BCUT2D eigenvalue weighted by molar-refractivity contribution is 6.00. The maximum atomic E-state index is 12.7. The van der Waals surface area contributed by atoms with Crippen LogP contribution in [0, 0.1) is 0 Å². The summed E-state index contributed by atoms with van der Waals surface area (Å²) in [5, 5.41) is 4.05. The van der Waals surface area contributed by atoms with Gasteiger partial charge in [0, 0.05) is 23.7 Å². The van der Waals surface area contributed by atoms with Crippen molar-refractivity contribution in [3.63, 3.8) is 0 Å². The summed E-state index contributed by atoms with van der Waals surface area (Å²) in [5.41, 5.74) is 3.50. The van der Waals surface area contributed by atoms with Crippen LogP contribution in [0.1, 0.15) is 16.8 Å². The number of nitrogens with zero attached hydrogens (tertiary/aromatic N) is 1. The van der Waals surface area contributed by atoms with Crippen molar-refractivity contribution >= 4 is 16.8 Å². The van der Waals surface area contributed by atoms with Gasteiger partial charge in [0.2, 0.25) is 0 Å². The van der Waals surface area contributed by atoms with Crippen LogP contribution >= 0.6 is 0 Å². The first-order chi connectivity index (χ1) is 14.3. The number of fused-ring (bicyclic) bond motifs is 1. The van der Waals surface area contributed by atoms with E-state index in [2.05, 4.69) is 10.3 Å². The molecule has 0 saturated heterocycles. The molecule has 1 aromatic heterocycles. The number of nitrogens with one attached hydrogen (secondary N) is 1. The fourth-order valence-electron chi connectivity index (χ4n) is 3.29. The Morgan fingerprint density at radius 3 is 2.55 bits per heavy atom. The van der Waals surface area contributed by atoms with Crippen molar-refractivity contribution in [2.24, 2.45) is 0 Å². The van der Waals surface area contributed by atoms with Crippen LogP contribution in [-0.2, 0) is 0 Å². The molecule has 0 atom stereocenters. The molecule has 0 bridgehead atoms. The first-order valence-electron chi connectivity index (χ1n) is 9.72. The highest BCUT2D eigenvalue weighted by Gasteiger charge is 2.11. The fraction of sp³-hybridized carbons (Fsp3) is 0.120. The molecule has 1 N–H and O–H groups in total. The second-order valence-corrected chi connectivity index (χ2v) is 6.70. The van der Waals surface area contributed by atoms with Crippen LogP contribution in [-0.4, -0.2) is 24.0 Å². The van der Waals surface area contributed by atoms with Gasteiger partial charge in [0.1, 0.15) is 11.3 Å². The summed E-state index contributed by atoms with van der Waals surface area (Å²) in [5.74, 6) is 0.695. The van der Waals surface area contributed by atoms with Crippen LogP contribution in [0.15, 0.2) is 91.1 Å². The van der Waals surface area contributed by atoms with E-state index in [-0.39, 0.29) is 5.91 Å². The van der Waals surface area contributed by atoms with Gasteiger partial charge in [0.15, 0.2) is 0 Å². The van der Waals surface area contributed by atoms with Gasteiger partial charge >= 0.3 is 0 Å². The number of ether oxygens (including phenoxy) is 1. The highest BCUT2D eigenvalue weighted by atomic mass is 16.5. The molecule has 0 aliphatic heterocycles. The predicted molar refractivity (Wildman–Crippen MR) is 116 cm³/mol. The molecular formula is C25H22N2O2. The van der Waals surface area contributed by atoms with Crippen LogP contribution in [0.5, 0.6) is 5.75 Å². The number of amides is 1. The second kappa shape index (κ2) is 9.02. The van der Waals surface area contributed by atoms with Gasteiger partial charge in [-0.25, -0.2) is 0 Å². The Morgan fingerprint density at radius 1 is 0.862 bits per heavy atom. The fourth-order valence-corrected chi connectivity index (χ4v) is 3.29. The molecule has 144 valence electrons. The average Bonchev–Trinajstić information content (AvgIpc) is 2.79. The minimum atomic E-state index is -0.0729. The largest absolute Gasteiger partial charge is 0.491 e. The van der Waals surface area contributed by atoms with E-state index >= 15 is 0 Å². The van der Waals surface area contributed by atoms with E-state index in [4.69, 9.17) is 4.74 Å². The number of pyridine rings is 1. The smallest absolute Gasteiger partial charge is 0.251 e. The van der Waals surface area contributed by atoms with Crippen LogP contribution in [0.4, 0.5) is 0 Å². The van der Waals surface area contributed by atoms with Gasteiger partial charge in [-0.2, -0.15) is 0 Å². The molecule has 4 rings (SSSR count). The SMILES string of the molecule is O=C(NCCCOc1cccc2cccnc12)c1ccccc1-c1ccccc1. The van der Waals surface area contributed by atoms with Gasteiger partial charge in [0.05, 0.1) is 6.61 Å². The van der Waals surface area contributed by atoms with Crippen LogP contribution in [0.2, 0.25) is 0 Å². The molecule has 4 nitrogen and oxygen atoms in total. The van der Waals surface area contributed by atoms with E-state index in [1.165, 1.54) is 0 Å². The summed E-state index contributed by atoms with van der Waals surface area (Å²) in [6.07, 6.45) is 2.47. The zero-order valence-electron chi connectivity index (χ0n) is 16.0. The second-order valence-electron chi connectivity index (χ2n) is 6.70. The van der Waals surface area contributed by atoms with E-state index in [1.54, 1.807) is 6.20 Å². The lowest BCUT2D eigenvalue weighted by Gasteiger charge is -2.11. The summed E-state index contributed by atoms with van der Waals surface area (Å²) in [6.45, 7) is 1.05. The molecule has 4 heteroatoms. The number of hydrogen-bond donors (Lipinski definition) is 1. The molecule has 0 aliphatic carbocycles. The number of aromatic nitrogens is 1. The minimum absolute atomic E-state index is 0.0729. The molecule has 3 aromatic carbocycles. The zero-order valence-corrected chi connectivity index (χ0v) is 16.0. The summed E-state index contributed by atoms with van der Waals surface area (Å²) in [6, 6.07) is 27.4. The number of carbonyl (C=O) groups excluding carboxylic acids is 1. The van der Waals surface area contributed by atoms with Crippen molar-refractivity contribution in [2.45, 2.75) is 6.42 Å². The summed E-state index contributed by atoms with van der Waals surface area (Å²) >= 11 is 0. The normalized spacial score (nSPS) is 10.6. The molecule has 0 spiro atoms. The third-order valence-electron chi connectivity index (χ3n) is 4.72. The molecule has 0 saturated carbocycles. The number of benzene rings is 3. The van der Waals surface area contributed by atoms with Gasteiger partial charge in [-0.1, -0.05) is 66.7 Å². The third kappa shape index (κ3) is 4.43. The Balaban J connectivity index is 1.33. The Morgan fingerprint density at radius 2 is 1.66 bits per heavy atom. The van der Waals surface area contributed by atoms with Crippen molar-refractivity contribution < 1.29 is 9.53 Å². The van der Waals surface area contributed by atoms with Crippen molar-refractivity contribution in [2.75, 3.05) is 13.2 Å². The van der Waals surface area contributed by atoms with E-state index < -0.39 is 0 Å². The van der Waals surface area contributed by atoms with Crippen molar-refractivity contribution in [3.8, 4) is 16.9 Å². The molecule has 0 aliphatic rings. The Hall–Kier alpha value is -3.66. The molecule has 1 heterocycles. The van der Waals surface area contributed by atoms with Crippen molar-refractivity contribution in [1.82, 2.24) is 10.3 Å². The summed E-state index contributed by atoms with van der Waals surface area (Å²) in [4.78, 5) is 17.1. The molecular weight excluding hydrogens is 360 g/mol. The first-order valence-corrected chi connectivity index (χ1v) is 9.72. The molecule has 0 radical (unpaired) electrons. The predicted octanol–water partition coefficient (Wildman–Crippen LogP) is 5.10. The number of rotatable bonds is 7. The lowest BCUT2D eigenvalue weighted by atomic mass is 9.99. The van der Waals surface area contributed by atoms with Crippen molar-refractivity contribution in [1.29, 1.82) is 0 Å². The van der Waals surface area contributed by atoms with Gasteiger partial charge in [-0.3, -0.25) is 9.78 Å². The Bertz CT molecular complexity index is 1100. The average molecular weight is 382 g/mol. The molecule has 1 amide bonds. The number of para-hydroxylation sites is 1. The number of hydrogen-bond acceptors (Lipinski definition) is 3. The van der Waals surface area contributed by atoms with Gasteiger partial charge < -0.3 is 10.1 Å². The lowest BCUT2D eigenvalue weighted by Crippen LogP contribution is -2.26. The molecule has 29 heavy (non-hydrogen) atoms. The van der Waals surface area contributed by atoms with Crippen molar-refractivity contribution in [3.05, 3.63) is 96.7 Å². The van der Waals surface area contributed by atoms with Crippen LogP contribution < -0.4 is 10.1 Å². The van der Waals surface area contributed by atoms with Gasteiger partial charge in [-0.05, 0) is 35.7 Å². The Labute approximate surface area is 170 Å². The minimum Gasteiger partial charge on any atom is -0.491 e. The van der Waals surface area contributed by atoms with E-state index in [0.717, 1.165) is 27.8 Å². The van der Waals surface area contributed by atoms with Gasteiger partial charge in [-0.15, -0.1) is 0 Å². The molecule has 0 fully saturated rings. The van der Waals surface area contributed by atoms with Crippen LogP contribution in [0.25, 0.3) is 22.0 Å². The van der Waals surface area contributed by atoms with Crippen LogP contribution in [0.3, 0.4) is 0 Å². The van der Waals surface area contributed by atoms with Gasteiger partial charge in [0.25, 0.3) is 5.91 Å². The molecule has 0 unspecified atom stereocenters. The number of carbonyl (C=O) groups is 1. The highest BCUT2D eigenvalue weighted by Crippen LogP contribution is 2.24. The van der Waals surface area contributed by atoms with E-state index in [9.17, 15) is 4.79 Å². The monoisotopic (exact) mass is 382 g/mol. The topological polar surface area (TPSA) is 51.2 Å². The third-order valence-corrected chi connectivity index (χ3v) is 4.72. The van der Waals surface area contributed by atoms with E-state index in [0.29, 0.717) is 25.1 Å². The standard InChI is InChI=1S/C25H22N2O2/c28-25(22-14-5-4-13-21(22)19-9-2-1-3-10-19)27-17-8-18-29-23-15-6-11-20-12-7-16-26-24(20)23/h1-7,9-16H,8,17-18H2,(H,27,28). The van der Waals surface area contributed by atoms with E-state index in [1.807, 2.05) is 84.9 Å².